The second-order valence-corrected chi connectivity index (χ2v) is 6.02. The van der Waals surface area contributed by atoms with E-state index < -0.39 is 0 Å². The number of aromatic nitrogens is 1. The number of hydrogen-bond donors (Lipinski definition) is 1. The number of carbonyl (C=O) groups excluding carboxylic acids is 2. The van der Waals surface area contributed by atoms with E-state index in [1.807, 2.05) is 48.5 Å². The largest absolute Gasteiger partial charge is 0.457 e. The fourth-order valence-corrected chi connectivity index (χ4v) is 2.95. The van der Waals surface area contributed by atoms with E-state index in [2.05, 4.69) is 10.3 Å². The van der Waals surface area contributed by atoms with Crippen molar-refractivity contribution in [2.45, 2.75) is 13.3 Å². The van der Waals surface area contributed by atoms with Crippen molar-refractivity contribution in [3.05, 3.63) is 48.5 Å². The topological polar surface area (TPSA) is 68.3 Å². The van der Waals surface area contributed by atoms with Crippen molar-refractivity contribution in [1.82, 2.24) is 4.98 Å². The summed E-state index contributed by atoms with van der Waals surface area (Å²) in [5.74, 6) is 0.930. The summed E-state index contributed by atoms with van der Waals surface area (Å²) >= 11 is 1.34. The van der Waals surface area contributed by atoms with Crippen LogP contribution in [0.4, 0.5) is 5.13 Å². The summed E-state index contributed by atoms with van der Waals surface area (Å²) < 4.78 is 6.68. The number of anilines is 1. The van der Waals surface area contributed by atoms with Crippen molar-refractivity contribution in [2.24, 2.45) is 0 Å². The zero-order valence-electron chi connectivity index (χ0n) is 12.4. The van der Waals surface area contributed by atoms with Gasteiger partial charge in [0.1, 0.15) is 17.3 Å². The third-order valence-electron chi connectivity index (χ3n) is 2.99. The summed E-state index contributed by atoms with van der Waals surface area (Å²) in [6.07, 6.45) is -0.141. The molecule has 3 rings (SSSR count). The number of ketones is 1. The predicted molar refractivity (Wildman–Crippen MR) is 90.1 cm³/mol. The van der Waals surface area contributed by atoms with Crippen LogP contribution in [-0.4, -0.2) is 16.7 Å². The number of hydrogen-bond acceptors (Lipinski definition) is 5. The Balaban J connectivity index is 1.78. The SMILES string of the molecule is CC(=O)CC(=O)Nc1nc2ccc(Oc3ccccc3)cc2s1. The molecule has 0 atom stereocenters. The first-order valence-electron chi connectivity index (χ1n) is 7.03. The smallest absolute Gasteiger partial charge is 0.233 e. The van der Waals surface area contributed by atoms with E-state index in [1.54, 1.807) is 0 Å². The van der Waals surface area contributed by atoms with Gasteiger partial charge in [0.25, 0.3) is 0 Å². The van der Waals surface area contributed by atoms with Gasteiger partial charge < -0.3 is 10.1 Å². The number of nitrogens with one attached hydrogen (secondary N) is 1. The van der Waals surface area contributed by atoms with Crippen LogP contribution in [0.25, 0.3) is 10.2 Å². The minimum atomic E-state index is -0.350. The highest BCUT2D eigenvalue weighted by molar-refractivity contribution is 7.22. The highest BCUT2D eigenvalue weighted by Gasteiger charge is 2.10. The number of nitrogens with zero attached hydrogens (tertiary/aromatic N) is 1. The first-order valence-corrected chi connectivity index (χ1v) is 7.84. The van der Waals surface area contributed by atoms with Crippen LogP contribution in [0.3, 0.4) is 0 Å². The van der Waals surface area contributed by atoms with Gasteiger partial charge in [-0.05, 0) is 31.2 Å². The number of Topliss-reactive ketones (excluding diaryl/α,β-unsaturated/α-hetero) is 1. The highest BCUT2D eigenvalue weighted by atomic mass is 32.1. The van der Waals surface area contributed by atoms with Gasteiger partial charge in [0.05, 0.1) is 16.6 Å². The Hall–Kier alpha value is -2.73. The number of rotatable bonds is 5. The Bertz CT molecular complexity index is 859. The highest BCUT2D eigenvalue weighted by Crippen LogP contribution is 2.31. The van der Waals surface area contributed by atoms with Crippen LogP contribution in [0.1, 0.15) is 13.3 Å². The molecule has 3 aromatic rings. The van der Waals surface area contributed by atoms with Gasteiger partial charge in [0.2, 0.25) is 5.91 Å². The molecule has 0 saturated carbocycles. The molecule has 6 heteroatoms. The number of benzene rings is 2. The van der Waals surface area contributed by atoms with Crippen LogP contribution >= 0.6 is 11.3 Å². The molecule has 2 aromatic carbocycles. The Morgan fingerprint density at radius 1 is 1.13 bits per heavy atom. The molecule has 0 bridgehead atoms. The predicted octanol–water partition coefficient (Wildman–Crippen LogP) is 4.01. The minimum Gasteiger partial charge on any atom is -0.457 e. The number of para-hydroxylation sites is 1. The molecule has 1 heterocycles. The molecule has 0 spiro atoms. The van der Waals surface area contributed by atoms with Gasteiger partial charge in [-0.2, -0.15) is 0 Å². The van der Waals surface area contributed by atoms with Crippen molar-refractivity contribution >= 4 is 38.4 Å². The third kappa shape index (κ3) is 3.92. The van der Waals surface area contributed by atoms with Crippen LogP contribution in [-0.2, 0) is 9.59 Å². The summed E-state index contributed by atoms with van der Waals surface area (Å²) in [6, 6.07) is 15.0. The summed E-state index contributed by atoms with van der Waals surface area (Å²) in [7, 11) is 0. The number of carbonyl (C=O) groups is 2. The zero-order valence-corrected chi connectivity index (χ0v) is 13.2. The van der Waals surface area contributed by atoms with E-state index in [-0.39, 0.29) is 18.1 Å². The molecule has 5 nitrogen and oxygen atoms in total. The van der Waals surface area contributed by atoms with Crippen LogP contribution in [0.5, 0.6) is 11.5 Å². The van der Waals surface area contributed by atoms with Crippen molar-refractivity contribution < 1.29 is 14.3 Å². The van der Waals surface area contributed by atoms with E-state index in [0.717, 1.165) is 16.0 Å². The third-order valence-corrected chi connectivity index (χ3v) is 3.93. The van der Waals surface area contributed by atoms with Crippen molar-refractivity contribution in [2.75, 3.05) is 5.32 Å². The van der Waals surface area contributed by atoms with E-state index in [9.17, 15) is 9.59 Å². The Labute approximate surface area is 136 Å². The van der Waals surface area contributed by atoms with Crippen LogP contribution in [0.2, 0.25) is 0 Å². The van der Waals surface area contributed by atoms with Gasteiger partial charge in [-0.1, -0.05) is 29.5 Å². The zero-order chi connectivity index (χ0) is 16.2. The maximum Gasteiger partial charge on any atom is 0.233 e. The lowest BCUT2D eigenvalue weighted by atomic mass is 10.3. The van der Waals surface area contributed by atoms with E-state index in [0.29, 0.717) is 10.9 Å². The standard InChI is InChI=1S/C17H14N2O3S/c1-11(20)9-16(21)19-17-18-14-8-7-13(10-15(14)23-17)22-12-5-3-2-4-6-12/h2-8,10H,9H2,1H3,(H,18,19,21). The molecule has 0 aliphatic rings. The van der Waals surface area contributed by atoms with Gasteiger partial charge in [0, 0.05) is 6.07 Å². The first-order chi connectivity index (χ1) is 11.1. The van der Waals surface area contributed by atoms with Gasteiger partial charge in [-0.15, -0.1) is 0 Å². The van der Waals surface area contributed by atoms with Crippen LogP contribution in [0, 0.1) is 0 Å². The lowest BCUT2D eigenvalue weighted by Gasteiger charge is -2.04. The minimum absolute atomic E-state index is 0.141. The number of ether oxygens (including phenoxy) is 1. The van der Waals surface area contributed by atoms with Gasteiger partial charge in [0.15, 0.2) is 5.13 Å². The van der Waals surface area contributed by atoms with Crippen LogP contribution < -0.4 is 10.1 Å². The monoisotopic (exact) mass is 326 g/mol. The van der Waals surface area contributed by atoms with Gasteiger partial charge in [-0.3, -0.25) is 9.59 Å². The van der Waals surface area contributed by atoms with E-state index >= 15 is 0 Å². The molecule has 116 valence electrons. The lowest BCUT2D eigenvalue weighted by molar-refractivity contribution is -0.124. The Morgan fingerprint density at radius 2 is 1.91 bits per heavy atom. The fourth-order valence-electron chi connectivity index (χ4n) is 2.04. The molecular weight excluding hydrogens is 312 g/mol. The van der Waals surface area contributed by atoms with Crippen molar-refractivity contribution in [1.29, 1.82) is 0 Å². The summed E-state index contributed by atoms with van der Waals surface area (Å²) in [6.45, 7) is 1.38. The second-order valence-electron chi connectivity index (χ2n) is 4.99. The van der Waals surface area contributed by atoms with E-state index in [4.69, 9.17) is 4.74 Å². The summed E-state index contributed by atoms with van der Waals surface area (Å²) in [5.41, 5.74) is 0.772. The lowest BCUT2D eigenvalue weighted by Crippen LogP contribution is -2.14. The Kier molecular flexibility index (Phi) is 4.34. The maximum atomic E-state index is 11.6. The maximum absolute atomic E-state index is 11.6. The fraction of sp³-hybridized carbons (Fsp3) is 0.118. The molecule has 0 unspecified atom stereocenters. The first kappa shape index (κ1) is 15.2. The summed E-state index contributed by atoms with van der Waals surface area (Å²) in [4.78, 5) is 26.9. The number of fused-ring (bicyclic) bond motifs is 1. The number of thiazole rings is 1. The number of amides is 1. The molecule has 0 saturated heterocycles. The molecule has 0 aliphatic heterocycles. The normalized spacial score (nSPS) is 10.5. The Morgan fingerprint density at radius 3 is 2.65 bits per heavy atom. The molecule has 1 amide bonds. The second kappa shape index (κ2) is 6.58. The molecule has 0 aliphatic carbocycles. The average Bonchev–Trinajstić information content (AvgIpc) is 2.88. The molecule has 23 heavy (non-hydrogen) atoms. The van der Waals surface area contributed by atoms with Crippen LogP contribution in [0.15, 0.2) is 48.5 Å². The average molecular weight is 326 g/mol. The summed E-state index contributed by atoms with van der Waals surface area (Å²) in [5, 5.41) is 3.11. The molecule has 1 N–H and O–H groups in total. The molecule has 1 aromatic heterocycles. The molecular formula is C17H14N2O3S. The quantitative estimate of drug-likeness (QED) is 0.719. The molecule has 0 radical (unpaired) electrons. The van der Waals surface area contributed by atoms with Crippen molar-refractivity contribution in [3.63, 3.8) is 0 Å². The van der Waals surface area contributed by atoms with Gasteiger partial charge in [-0.25, -0.2) is 4.98 Å². The van der Waals surface area contributed by atoms with E-state index in [1.165, 1.54) is 18.3 Å². The van der Waals surface area contributed by atoms with Crippen molar-refractivity contribution in [3.8, 4) is 11.5 Å². The molecule has 0 fully saturated rings. The van der Waals surface area contributed by atoms with Gasteiger partial charge >= 0.3 is 0 Å².